The fraction of sp³-hybridized carbons (Fsp3) is 0.269. The number of pyridine rings is 1. The van der Waals surface area contributed by atoms with E-state index in [2.05, 4.69) is 41.6 Å². The van der Waals surface area contributed by atoms with Crippen LogP contribution < -0.4 is 0 Å². The molecule has 1 unspecified atom stereocenters. The van der Waals surface area contributed by atoms with E-state index >= 15 is 0 Å². The molecule has 2 aromatic carbocycles. The number of carbonyl (C=O) groups excluding carboxylic acids is 1. The summed E-state index contributed by atoms with van der Waals surface area (Å²) in [5, 5.41) is 11.2. The van der Waals surface area contributed by atoms with Crippen LogP contribution in [0, 0.1) is 13.8 Å². The van der Waals surface area contributed by atoms with E-state index in [1.165, 1.54) is 23.8 Å². The fourth-order valence-electron chi connectivity index (χ4n) is 3.91. The van der Waals surface area contributed by atoms with E-state index in [9.17, 15) is 9.90 Å². The molecule has 0 aliphatic carbocycles. The molecule has 0 aliphatic rings. The van der Waals surface area contributed by atoms with E-state index in [1.807, 2.05) is 18.2 Å². The highest BCUT2D eigenvalue weighted by molar-refractivity contribution is 5.78. The number of aliphatic hydroxyl groups is 1. The number of aromatic nitrogens is 3. The summed E-state index contributed by atoms with van der Waals surface area (Å²) in [5.41, 5.74) is 7.04. The van der Waals surface area contributed by atoms with Crippen molar-refractivity contribution in [2.75, 3.05) is 7.11 Å². The van der Waals surface area contributed by atoms with Gasteiger partial charge < -0.3 is 14.4 Å². The highest BCUT2D eigenvalue weighted by atomic mass is 16.5. The van der Waals surface area contributed by atoms with Crippen LogP contribution in [0.5, 0.6) is 0 Å². The molecule has 1 N–H and O–H groups in total. The molecule has 1 atom stereocenters. The fourth-order valence-corrected chi connectivity index (χ4v) is 3.91. The van der Waals surface area contributed by atoms with Crippen molar-refractivity contribution in [2.24, 2.45) is 0 Å². The predicted molar refractivity (Wildman–Crippen MR) is 123 cm³/mol. The SMILES string of the molecule is COC(=O)CCc1ccc2c(c1)nc(C(O)c1ccncc1)n2Cc1cc(C)ccc1C. The van der Waals surface area contributed by atoms with Crippen molar-refractivity contribution in [1.82, 2.24) is 14.5 Å². The Morgan fingerprint density at radius 2 is 1.88 bits per heavy atom. The van der Waals surface area contributed by atoms with Crippen LogP contribution in [0.1, 0.15) is 46.2 Å². The van der Waals surface area contributed by atoms with Gasteiger partial charge in [0.25, 0.3) is 0 Å². The average molecular weight is 430 g/mol. The van der Waals surface area contributed by atoms with E-state index in [-0.39, 0.29) is 5.97 Å². The van der Waals surface area contributed by atoms with Gasteiger partial charge in [0.2, 0.25) is 0 Å². The minimum atomic E-state index is -0.881. The zero-order valence-electron chi connectivity index (χ0n) is 18.6. The second-order valence-electron chi connectivity index (χ2n) is 8.07. The third-order valence-electron chi connectivity index (χ3n) is 5.79. The minimum Gasteiger partial charge on any atom is -0.469 e. The van der Waals surface area contributed by atoms with Crippen LogP contribution in [0.2, 0.25) is 0 Å². The van der Waals surface area contributed by atoms with Crippen LogP contribution in [0.15, 0.2) is 60.9 Å². The standard InChI is InChI=1S/C26H27N3O3/c1-17-4-5-18(2)21(14-17)16-29-23-8-6-19(7-9-24(30)32-3)15-22(23)28-26(29)25(31)20-10-12-27-13-11-20/h4-6,8,10-15,25,31H,7,9,16H2,1-3H3. The molecule has 0 saturated heterocycles. The second kappa shape index (κ2) is 9.32. The lowest BCUT2D eigenvalue weighted by Gasteiger charge is -2.16. The molecule has 2 aromatic heterocycles. The second-order valence-corrected chi connectivity index (χ2v) is 8.07. The van der Waals surface area contributed by atoms with Gasteiger partial charge in [-0.3, -0.25) is 9.78 Å². The molecule has 0 spiro atoms. The lowest BCUT2D eigenvalue weighted by molar-refractivity contribution is -0.140. The number of carbonyl (C=O) groups is 1. The largest absolute Gasteiger partial charge is 0.469 e. The maximum absolute atomic E-state index is 11.5. The van der Waals surface area contributed by atoms with Crippen LogP contribution >= 0.6 is 0 Å². The number of aliphatic hydroxyl groups excluding tert-OH is 1. The van der Waals surface area contributed by atoms with Gasteiger partial charge in [-0.05, 0) is 66.8 Å². The summed E-state index contributed by atoms with van der Waals surface area (Å²) in [6, 6.07) is 16.0. The Hall–Kier alpha value is -3.51. The summed E-state index contributed by atoms with van der Waals surface area (Å²) >= 11 is 0. The highest BCUT2D eigenvalue weighted by Crippen LogP contribution is 2.28. The summed E-state index contributed by atoms with van der Waals surface area (Å²) in [6.45, 7) is 4.77. The monoisotopic (exact) mass is 429 g/mol. The molecule has 4 aromatic rings. The van der Waals surface area contributed by atoms with Crippen LogP contribution in [-0.2, 0) is 22.5 Å². The molecule has 164 valence electrons. The van der Waals surface area contributed by atoms with E-state index in [0.29, 0.717) is 25.2 Å². The van der Waals surface area contributed by atoms with Gasteiger partial charge in [-0.1, -0.05) is 29.8 Å². The Morgan fingerprint density at radius 3 is 2.62 bits per heavy atom. The molecule has 6 heteroatoms. The van der Waals surface area contributed by atoms with Gasteiger partial charge in [-0.15, -0.1) is 0 Å². The summed E-state index contributed by atoms with van der Waals surface area (Å²) in [7, 11) is 1.40. The highest BCUT2D eigenvalue weighted by Gasteiger charge is 2.21. The third kappa shape index (κ3) is 4.55. The molecule has 0 saturated carbocycles. The number of esters is 1. The van der Waals surface area contributed by atoms with E-state index in [1.54, 1.807) is 24.5 Å². The van der Waals surface area contributed by atoms with Gasteiger partial charge in [-0.2, -0.15) is 0 Å². The molecular formula is C26H27N3O3. The van der Waals surface area contributed by atoms with Crippen LogP contribution in [0.4, 0.5) is 0 Å². The first kappa shape index (κ1) is 21.7. The van der Waals surface area contributed by atoms with Crippen molar-refractivity contribution < 1.29 is 14.6 Å². The molecule has 0 radical (unpaired) electrons. The summed E-state index contributed by atoms with van der Waals surface area (Å²) in [4.78, 5) is 20.4. The maximum Gasteiger partial charge on any atom is 0.305 e. The number of aryl methyl sites for hydroxylation is 3. The quantitative estimate of drug-likeness (QED) is 0.444. The lowest BCUT2D eigenvalue weighted by atomic mass is 10.0. The predicted octanol–water partition coefficient (Wildman–Crippen LogP) is 4.28. The lowest BCUT2D eigenvalue weighted by Crippen LogP contribution is -2.12. The van der Waals surface area contributed by atoms with Crippen molar-refractivity contribution in [3.05, 3.63) is 94.6 Å². The summed E-state index contributed by atoms with van der Waals surface area (Å²) in [5.74, 6) is 0.344. The average Bonchev–Trinajstić information content (AvgIpc) is 3.17. The molecule has 0 fully saturated rings. The van der Waals surface area contributed by atoms with Crippen molar-refractivity contribution in [3.63, 3.8) is 0 Å². The van der Waals surface area contributed by atoms with Gasteiger partial charge in [0, 0.05) is 25.4 Å². The van der Waals surface area contributed by atoms with Crippen LogP contribution in [-0.4, -0.2) is 32.7 Å². The maximum atomic E-state index is 11.5. The Balaban J connectivity index is 1.79. The van der Waals surface area contributed by atoms with Gasteiger partial charge in [0.05, 0.1) is 18.1 Å². The molecule has 0 aliphatic heterocycles. The van der Waals surface area contributed by atoms with Gasteiger partial charge in [-0.25, -0.2) is 4.98 Å². The van der Waals surface area contributed by atoms with E-state index in [4.69, 9.17) is 9.72 Å². The number of fused-ring (bicyclic) bond motifs is 1. The summed E-state index contributed by atoms with van der Waals surface area (Å²) in [6.07, 6.45) is 3.35. The van der Waals surface area contributed by atoms with Crippen molar-refractivity contribution in [3.8, 4) is 0 Å². The number of hydrogen-bond donors (Lipinski definition) is 1. The number of ether oxygens (including phenoxy) is 1. The molecule has 4 rings (SSSR count). The molecule has 0 bridgehead atoms. The normalized spacial score (nSPS) is 12.1. The van der Waals surface area contributed by atoms with E-state index < -0.39 is 6.10 Å². The van der Waals surface area contributed by atoms with Crippen molar-refractivity contribution in [2.45, 2.75) is 39.3 Å². The molecule has 0 amide bonds. The Labute approximate surface area is 187 Å². The number of rotatable bonds is 7. The third-order valence-corrected chi connectivity index (χ3v) is 5.79. The van der Waals surface area contributed by atoms with Crippen LogP contribution in [0.3, 0.4) is 0 Å². The summed E-state index contributed by atoms with van der Waals surface area (Å²) < 4.78 is 6.83. The Morgan fingerprint density at radius 1 is 1.09 bits per heavy atom. The Bertz CT molecular complexity index is 1250. The molecule has 32 heavy (non-hydrogen) atoms. The zero-order valence-corrected chi connectivity index (χ0v) is 18.6. The number of methoxy groups -OCH3 is 1. The van der Waals surface area contributed by atoms with Gasteiger partial charge >= 0.3 is 5.97 Å². The number of imidazole rings is 1. The molecule has 6 nitrogen and oxygen atoms in total. The first-order valence-electron chi connectivity index (χ1n) is 10.7. The van der Waals surface area contributed by atoms with Gasteiger partial charge in [0.15, 0.2) is 0 Å². The van der Waals surface area contributed by atoms with Crippen molar-refractivity contribution in [1.29, 1.82) is 0 Å². The van der Waals surface area contributed by atoms with Gasteiger partial charge in [0.1, 0.15) is 11.9 Å². The molecular weight excluding hydrogens is 402 g/mol. The Kier molecular flexibility index (Phi) is 6.32. The van der Waals surface area contributed by atoms with E-state index in [0.717, 1.165) is 22.2 Å². The minimum absolute atomic E-state index is 0.237. The zero-order chi connectivity index (χ0) is 22.7. The number of nitrogens with zero attached hydrogens (tertiary/aromatic N) is 3. The number of hydrogen-bond acceptors (Lipinski definition) is 5. The number of benzene rings is 2. The first-order chi connectivity index (χ1) is 15.5. The van der Waals surface area contributed by atoms with Crippen molar-refractivity contribution >= 4 is 17.0 Å². The molecule has 2 heterocycles. The smallest absolute Gasteiger partial charge is 0.305 e. The van der Waals surface area contributed by atoms with Crippen LogP contribution in [0.25, 0.3) is 11.0 Å². The topological polar surface area (TPSA) is 77.2 Å². The first-order valence-corrected chi connectivity index (χ1v) is 10.7.